The van der Waals surface area contributed by atoms with Crippen LogP contribution in [0.2, 0.25) is 0 Å². The van der Waals surface area contributed by atoms with Crippen LogP contribution in [-0.2, 0) is 13.0 Å². The number of nitrogens with zero attached hydrogens (tertiary/aromatic N) is 1. The highest BCUT2D eigenvalue weighted by Gasteiger charge is 2.19. The molecule has 0 fully saturated rings. The van der Waals surface area contributed by atoms with Crippen molar-refractivity contribution in [2.45, 2.75) is 13.0 Å². The second kappa shape index (κ2) is 4.33. The summed E-state index contributed by atoms with van der Waals surface area (Å²) in [5.41, 5.74) is 3.31. The normalized spacial score (nSPS) is 13.7. The first-order valence-corrected chi connectivity index (χ1v) is 6.04. The van der Waals surface area contributed by atoms with Crippen molar-refractivity contribution in [1.82, 2.24) is 0 Å². The Morgan fingerprint density at radius 1 is 1.11 bits per heavy atom. The van der Waals surface area contributed by atoms with Crippen molar-refractivity contribution in [3.05, 3.63) is 59.4 Å². The van der Waals surface area contributed by atoms with Gasteiger partial charge < -0.3 is 10.0 Å². The maximum absolute atomic E-state index is 13.3. The number of benzene rings is 2. The number of phenolic OH excluding ortho intramolecular Hbond substituents is 1. The summed E-state index contributed by atoms with van der Waals surface area (Å²) >= 11 is 0. The Bertz CT molecular complexity index is 565. The third-order valence-electron chi connectivity index (χ3n) is 3.35. The van der Waals surface area contributed by atoms with Gasteiger partial charge in [0.2, 0.25) is 0 Å². The van der Waals surface area contributed by atoms with Crippen molar-refractivity contribution in [3.63, 3.8) is 0 Å². The minimum Gasteiger partial charge on any atom is -0.508 e. The van der Waals surface area contributed by atoms with E-state index in [4.69, 9.17) is 0 Å². The van der Waals surface area contributed by atoms with Crippen LogP contribution < -0.4 is 4.90 Å². The van der Waals surface area contributed by atoms with Crippen molar-refractivity contribution in [3.8, 4) is 5.75 Å². The van der Waals surface area contributed by atoms with Gasteiger partial charge in [-0.05, 0) is 41.8 Å². The maximum Gasteiger partial charge on any atom is 0.125 e. The molecule has 0 spiro atoms. The average molecular weight is 243 g/mol. The van der Waals surface area contributed by atoms with Gasteiger partial charge in [-0.2, -0.15) is 0 Å². The highest BCUT2D eigenvalue weighted by atomic mass is 19.1. The van der Waals surface area contributed by atoms with Gasteiger partial charge >= 0.3 is 0 Å². The molecule has 1 aliphatic heterocycles. The molecule has 1 N–H and O–H groups in total. The number of anilines is 1. The molecule has 0 saturated heterocycles. The van der Waals surface area contributed by atoms with E-state index in [1.54, 1.807) is 18.2 Å². The number of aromatic hydroxyl groups is 1. The van der Waals surface area contributed by atoms with E-state index in [9.17, 15) is 9.50 Å². The number of hydrogen-bond donors (Lipinski definition) is 1. The Kier molecular flexibility index (Phi) is 2.67. The minimum absolute atomic E-state index is 0.189. The lowest BCUT2D eigenvalue weighted by Gasteiger charge is -2.19. The lowest BCUT2D eigenvalue weighted by Crippen LogP contribution is -2.19. The highest BCUT2D eigenvalue weighted by molar-refractivity contribution is 5.58. The molecule has 1 heterocycles. The standard InChI is InChI=1S/C15H14FNO/c16-13-4-3-12-7-8-17(15(12)9-13)10-11-1-5-14(18)6-2-11/h1-6,9,18H,7-8,10H2. The fourth-order valence-corrected chi connectivity index (χ4v) is 2.40. The molecule has 0 bridgehead atoms. The summed E-state index contributed by atoms with van der Waals surface area (Å²) < 4.78 is 13.3. The van der Waals surface area contributed by atoms with Crippen LogP contribution in [0.15, 0.2) is 42.5 Å². The van der Waals surface area contributed by atoms with Crippen molar-refractivity contribution in [1.29, 1.82) is 0 Å². The van der Waals surface area contributed by atoms with Gasteiger partial charge in [0.15, 0.2) is 0 Å². The van der Waals surface area contributed by atoms with Gasteiger partial charge in [-0.15, -0.1) is 0 Å². The molecule has 18 heavy (non-hydrogen) atoms. The van der Waals surface area contributed by atoms with Crippen LogP contribution in [0, 0.1) is 5.82 Å². The first-order chi connectivity index (χ1) is 8.72. The molecule has 92 valence electrons. The summed E-state index contributed by atoms with van der Waals surface area (Å²) in [7, 11) is 0. The van der Waals surface area contributed by atoms with Crippen LogP contribution in [0.1, 0.15) is 11.1 Å². The molecule has 0 atom stereocenters. The first kappa shape index (κ1) is 11.1. The van der Waals surface area contributed by atoms with Crippen LogP contribution in [0.5, 0.6) is 5.75 Å². The largest absolute Gasteiger partial charge is 0.508 e. The number of rotatable bonds is 2. The Morgan fingerprint density at radius 3 is 2.67 bits per heavy atom. The van der Waals surface area contributed by atoms with Crippen molar-refractivity contribution in [2.75, 3.05) is 11.4 Å². The quantitative estimate of drug-likeness (QED) is 0.876. The molecule has 0 unspecified atom stereocenters. The van der Waals surface area contributed by atoms with Crippen molar-refractivity contribution < 1.29 is 9.50 Å². The van der Waals surface area contributed by atoms with E-state index in [2.05, 4.69) is 4.90 Å². The summed E-state index contributed by atoms with van der Waals surface area (Å²) in [5, 5.41) is 9.25. The molecule has 2 aromatic rings. The summed E-state index contributed by atoms with van der Waals surface area (Å²) in [6.45, 7) is 1.66. The maximum atomic E-state index is 13.3. The van der Waals surface area contributed by atoms with E-state index >= 15 is 0 Å². The molecule has 1 aliphatic rings. The molecule has 0 aliphatic carbocycles. The second-order valence-corrected chi connectivity index (χ2v) is 4.61. The van der Waals surface area contributed by atoms with E-state index in [0.717, 1.165) is 30.8 Å². The van der Waals surface area contributed by atoms with Gasteiger partial charge in [0.05, 0.1) is 0 Å². The molecular formula is C15H14FNO. The fraction of sp³-hybridized carbons (Fsp3) is 0.200. The van der Waals surface area contributed by atoms with E-state index in [1.165, 1.54) is 11.6 Å². The third kappa shape index (κ3) is 2.04. The monoisotopic (exact) mass is 243 g/mol. The number of halogens is 1. The lowest BCUT2D eigenvalue weighted by molar-refractivity contribution is 0.475. The Labute approximate surface area is 105 Å². The average Bonchev–Trinajstić information content (AvgIpc) is 2.75. The zero-order chi connectivity index (χ0) is 12.5. The second-order valence-electron chi connectivity index (χ2n) is 4.61. The lowest BCUT2D eigenvalue weighted by atomic mass is 10.1. The molecule has 0 radical (unpaired) electrons. The predicted octanol–water partition coefficient (Wildman–Crippen LogP) is 3.09. The molecule has 3 heteroatoms. The fourth-order valence-electron chi connectivity index (χ4n) is 2.40. The third-order valence-corrected chi connectivity index (χ3v) is 3.35. The Balaban J connectivity index is 1.84. The molecule has 3 rings (SSSR count). The molecule has 0 aromatic heterocycles. The van der Waals surface area contributed by atoms with Gasteiger partial charge in [0, 0.05) is 18.8 Å². The van der Waals surface area contributed by atoms with Crippen LogP contribution >= 0.6 is 0 Å². The van der Waals surface area contributed by atoms with Gasteiger partial charge in [0.1, 0.15) is 11.6 Å². The minimum atomic E-state index is -0.189. The number of hydrogen-bond acceptors (Lipinski definition) is 2. The van der Waals surface area contributed by atoms with Crippen LogP contribution in [0.3, 0.4) is 0 Å². The predicted molar refractivity (Wildman–Crippen MR) is 69.3 cm³/mol. The Morgan fingerprint density at radius 2 is 1.89 bits per heavy atom. The van der Waals surface area contributed by atoms with E-state index < -0.39 is 0 Å². The highest BCUT2D eigenvalue weighted by Crippen LogP contribution is 2.30. The summed E-state index contributed by atoms with van der Waals surface area (Å²) in [6.07, 6.45) is 0.966. The molecule has 2 aromatic carbocycles. The van der Waals surface area contributed by atoms with Gasteiger partial charge in [-0.1, -0.05) is 18.2 Å². The van der Waals surface area contributed by atoms with E-state index in [0.29, 0.717) is 0 Å². The first-order valence-electron chi connectivity index (χ1n) is 6.04. The SMILES string of the molecule is Oc1ccc(CN2CCc3ccc(F)cc32)cc1. The molecule has 0 saturated carbocycles. The number of fused-ring (bicyclic) bond motifs is 1. The van der Waals surface area contributed by atoms with Crippen LogP contribution in [-0.4, -0.2) is 11.7 Å². The molecule has 0 amide bonds. The smallest absolute Gasteiger partial charge is 0.125 e. The van der Waals surface area contributed by atoms with Crippen molar-refractivity contribution >= 4 is 5.69 Å². The topological polar surface area (TPSA) is 23.5 Å². The van der Waals surface area contributed by atoms with Gasteiger partial charge in [-0.25, -0.2) is 4.39 Å². The van der Waals surface area contributed by atoms with Crippen molar-refractivity contribution in [2.24, 2.45) is 0 Å². The molecular weight excluding hydrogens is 229 g/mol. The van der Waals surface area contributed by atoms with Gasteiger partial charge in [-0.3, -0.25) is 0 Å². The van der Waals surface area contributed by atoms with E-state index in [-0.39, 0.29) is 11.6 Å². The summed E-state index contributed by atoms with van der Waals surface area (Å²) in [5.74, 6) is 0.0815. The van der Waals surface area contributed by atoms with Crippen LogP contribution in [0.25, 0.3) is 0 Å². The number of phenols is 1. The summed E-state index contributed by atoms with van der Waals surface area (Å²) in [4.78, 5) is 2.17. The van der Waals surface area contributed by atoms with E-state index in [1.807, 2.05) is 18.2 Å². The zero-order valence-electron chi connectivity index (χ0n) is 9.94. The van der Waals surface area contributed by atoms with Gasteiger partial charge in [0.25, 0.3) is 0 Å². The Hall–Kier alpha value is -2.03. The zero-order valence-corrected chi connectivity index (χ0v) is 9.94. The summed E-state index contributed by atoms with van der Waals surface area (Å²) in [6, 6.07) is 12.1. The van der Waals surface area contributed by atoms with Crippen LogP contribution in [0.4, 0.5) is 10.1 Å². The molecule has 2 nitrogen and oxygen atoms in total.